The first kappa shape index (κ1) is 24.1. The van der Waals surface area contributed by atoms with Gasteiger partial charge in [-0.05, 0) is 62.2 Å². The van der Waals surface area contributed by atoms with Crippen molar-refractivity contribution in [1.82, 2.24) is 14.5 Å². The number of ether oxygens (including phenoxy) is 1. The third-order valence-electron chi connectivity index (χ3n) is 5.28. The van der Waals surface area contributed by atoms with Crippen LogP contribution < -0.4 is 10.3 Å². The zero-order valence-corrected chi connectivity index (χ0v) is 20.0. The first-order chi connectivity index (χ1) is 15.4. The van der Waals surface area contributed by atoms with E-state index in [-0.39, 0.29) is 24.1 Å². The molecule has 0 aliphatic carbocycles. The van der Waals surface area contributed by atoms with Crippen LogP contribution in [0.1, 0.15) is 45.5 Å². The number of halogens is 2. The molecule has 0 spiro atoms. The van der Waals surface area contributed by atoms with Crippen LogP contribution in [0, 0.1) is 0 Å². The standard InChI is InChI=1S/C24H27Cl2N3O3/c1-4-13-29(22(30)15-32-18-10-7-16(25)8-11-18)21(5-2)23-27-20-14-17(26)9-12-19(20)24(31)28(23)6-3/h7-12,14,21H,4-6,13,15H2,1-3H3. The van der Waals surface area contributed by atoms with Crippen molar-refractivity contribution in [3.63, 3.8) is 0 Å². The number of hydrogen-bond donors (Lipinski definition) is 0. The lowest BCUT2D eigenvalue weighted by molar-refractivity contribution is -0.136. The van der Waals surface area contributed by atoms with Crippen molar-refractivity contribution in [1.29, 1.82) is 0 Å². The molecule has 1 aromatic heterocycles. The summed E-state index contributed by atoms with van der Waals surface area (Å²) in [6.45, 7) is 6.74. The summed E-state index contributed by atoms with van der Waals surface area (Å²) in [5.74, 6) is 0.955. The minimum Gasteiger partial charge on any atom is -0.484 e. The van der Waals surface area contributed by atoms with Crippen molar-refractivity contribution in [2.75, 3.05) is 13.2 Å². The Morgan fingerprint density at radius 3 is 2.41 bits per heavy atom. The molecule has 0 N–H and O–H groups in total. The predicted molar refractivity (Wildman–Crippen MR) is 129 cm³/mol. The SMILES string of the molecule is CCCN(C(=O)COc1ccc(Cl)cc1)C(CC)c1nc2cc(Cl)ccc2c(=O)n1CC. The van der Waals surface area contributed by atoms with Crippen molar-refractivity contribution in [3.05, 3.63) is 68.7 Å². The Bertz CT molecular complexity index is 1150. The molecule has 6 nitrogen and oxygen atoms in total. The van der Waals surface area contributed by atoms with Gasteiger partial charge >= 0.3 is 0 Å². The normalized spacial score (nSPS) is 12.0. The van der Waals surface area contributed by atoms with Gasteiger partial charge in [0.1, 0.15) is 11.6 Å². The van der Waals surface area contributed by atoms with Gasteiger partial charge in [0.15, 0.2) is 6.61 Å². The van der Waals surface area contributed by atoms with E-state index in [1.165, 1.54) is 0 Å². The van der Waals surface area contributed by atoms with E-state index in [1.807, 2.05) is 20.8 Å². The van der Waals surface area contributed by atoms with Crippen LogP contribution in [-0.2, 0) is 11.3 Å². The van der Waals surface area contributed by atoms with E-state index >= 15 is 0 Å². The van der Waals surface area contributed by atoms with E-state index in [1.54, 1.807) is 51.9 Å². The summed E-state index contributed by atoms with van der Waals surface area (Å²) >= 11 is 12.1. The summed E-state index contributed by atoms with van der Waals surface area (Å²) in [4.78, 5) is 32.9. The third kappa shape index (κ3) is 5.25. The van der Waals surface area contributed by atoms with Gasteiger partial charge in [-0.15, -0.1) is 0 Å². The second kappa shape index (κ2) is 10.8. The van der Waals surface area contributed by atoms with Crippen LogP contribution in [0.3, 0.4) is 0 Å². The van der Waals surface area contributed by atoms with Gasteiger partial charge in [-0.1, -0.05) is 37.0 Å². The number of aromatic nitrogens is 2. The van der Waals surface area contributed by atoms with Gasteiger partial charge in [-0.3, -0.25) is 14.2 Å². The Morgan fingerprint density at radius 1 is 1.09 bits per heavy atom. The van der Waals surface area contributed by atoms with Gasteiger partial charge in [0, 0.05) is 23.1 Å². The van der Waals surface area contributed by atoms with E-state index in [4.69, 9.17) is 32.9 Å². The molecule has 0 bridgehead atoms. The highest BCUT2D eigenvalue weighted by Gasteiger charge is 2.28. The minimum atomic E-state index is -0.368. The Labute approximate surface area is 197 Å². The fourth-order valence-electron chi connectivity index (χ4n) is 3.77. The summed E-state index contributed by atoms with van der Waals surface area (Å²) in [5.41, 5.74) is 0.394. The maximum absolute atomic E-state index is 13.2. The Hall–Kier alpha value is -2.57. The highest BCUT2D eigenvalue weighted by molar-refractivity contribution is 6.31. The zero-order valence-electron chi connectivity index (χ0n) is 18.5. The molecule has 3 rings (SSSR count). The average molecular weight is 476 g/mol. The monoisotopic (exact) mass is 475 g/mol. The first-order valence-electron chi connectivity index (χ1n) is 10.8. The van der Waals surface area contributed by atoms with Crippen LogP contribution in [0.2, 0.25) is 10.0 Å². The summed E-state index contributed by atoms with van der Waals surface area (Å²) < 4.78 is 7.33. The molecule has 32 heavy (non-hydrogen) atoms. The summed E-state index contributed by atoms with van der Waals surface area (Å²) in [7, 11) is 0. The third-order valence-corrected chi connectivity index (χ3v) is 5.77. The number of hydrogen-bond acceptors (Lipinski definition) is 4. The Kier molecular flexibility index (Phi) is 8.15. The highest BCUT2D eigenvalue weighted by Crippen LogP contribution is 2.26. The molecule has 0 fully saturated rings. The number of carbonyl (C=O) groups excluding carboxylic acids is 1. The summed E-state index contributed by atoms with van der Waals surface area (Å²) in [6, 6.07) is 11.6. The van der Waals surface area contributed by atoms with Gasteiger partial charge in [0.25, 0.3) is 11.5 Å². The molecule has 1 atom stereocenters. The second-order valence-electron chi connectivity index (χ2n) is 7.43. The van der Waals surface area contributed by atoms with E-state index in [2.05, 4.69) is 0 Å². The number of fused-ring (bicyclic) bond motifs is 1. The maximum atomic E-state index is 13.2. The molecule has 1 unspecified atom stereocenters. The molecule has 0 aliphatic heterocycles. The molecule has 0 aliphatic rings. The number of amides is 1. The quantitative estimate of drug-likeness (QED) is 0.410. The van der Waals surface area contributed by atoms with Crippen molar-refractivity contribution in [2.45, 2.75) is 46.2 Å². The fraction of sp³-hybridized carbons (Fsp3) is 0.375. The van der Waals surface area contributed by atoms with Crippen LogP contribution in [0.15, 0.2) is 47.3 Å². The van der Waals surface area contributed by atoms with E-state index in [0.29, 0.717) is 52.0 Å². The molecule has 0 radical (unpaired) electrons. The molecule has 2 aromatic carbocycles. The molecule has 8 heteroatoms. The van der Waals surface area contributed by atoms with E-state index in [0.717, 1.165) is 6.42 Å². The van der Waals surface area contributed by atoms with Gasteiger partial charge < -0.3 is 9.64 Å². The number of carbonyl (C=O) groups is 1. The molecular formula is C24H27Cl2N3O3. The van der Waals surface area contributed by atoms with Crippen molar-refractivity contribution in [3.8, 4) is 5.75 Å². The van der Waals surface area contributed by atoms with Crippen LogP contribution >= 0.6 is 23.2 Å². The lowest BCUT2D eigenvalue weighted by Gasteiger charge is -2.32. The fourth-order valence-corrected chi connectivity index (χ4v) is 4.06. The molecule has 170 valence electrons. The van der Waals surface area contributed by atoms with Crippen LogP contribution in [0.4, 0.5) is 0 Å². The lowest BCUT2D eigenvalue weighted by Crippen LogP contribution is -2.41. The van der Waals surface area contributed by atoms with Crippen molar-refractivity contribution >= 4 is 40.0 Å². The van der Waals surface area contributed by atoms with Crippen molar-refractivity contribution < 1.29 is 9.53 Å². The van der Waals surface area contributed by atoms with Gasteiger partial charge in [0.05, 0.1) is 16.9 Å². The maximum Gasteiger partial charge on any atom is 0.261 e. The first-order valence-corrected chi connectivity index (χ1v) is 11.5. The minimum absolute atomic E-state index is 0.117. The number of rotatable bonds is 9. The molecule has 0 saturated heterocycles. The lowest BCUT2D eigenvalue weighted by atomic mass is 10.1. The van der Waals surface area contributed by atoms with E-state index in [9.17, 15) is 9.59 Å². The smallest absolute Gasteiger partial charge is 0.261 e. The Balaban J connectivity index is 1.97. The molecule has 3 aromatic rings. The number of nitrogens with zero attached hydrogens (tertiary/aromatic N) is 3. The van der Waals surface area contributed by atoms with Gasteiger partial charge in [-0.25, -0.2) is 4.98 Å². The zero-order chi connectivity index (χ0) is 23.3. The molecule has 0 saturated carbocycles. The Morgan fingerprint density at radius 2 is 1.78 bits per heavy atom. The molecule has 1 heterocycles. The highest BCUT2D eigenvalue weighted by atomic mass is 35.5. The number of benzene rings is 2. The van der Waals surface area contributed by atoms with Gasteiger partial charge in [-0.2, -0.15) is 0 Å². The van der Waals surface area contributed by atoms with Gasteiger partial charge in [0.2, 0.25) is 0 Å². The largest absolute Gasteiger partial charge is 0.484 e. The van der Waals surface area contributed by atoms with Crippen LogP contribution in [0.25, 0.3) is 10.9 Å². The van der Waals surface area contributed by atoms with Crippen molar-refractivity contribution in [2.24, 2.45) is 0 Å². The average Bonchev–Trinajstić information content (AvgIpc) is 2.78. The van der Waals surface area contributed by atoms with Crippen LogP contribution in [0.5, 0.6) is 5.75 Å². The van der Waals surface area contributed by atoms with E-state index < -0.39 is 0 Å². The summed E-state index contributed by atoms with van der Waals surface area (Å²) in [5, 5.41) is 1.62. The molecule has 1 amide bonds. The molecular weight excluding hydrogens is 449 g/mol. The topological polar surface area (TPSA) is 64.4 Å². The summed E-state index contributed by atoms with van der Waals surface area (Å²) in [6.07, 6.45) is 1.37. The second-order valence-corrected chi connectivity index (χ2v) is 8.31. The van der Waals surface area contributed by atoms with Crippen LogP contribution in [-0.4, -0.2) is 33.5 Å². The predicted octanol–water partition coefficient (Wildman–Crippen LogP) is 5.49.